The Kier molecular flexibility index (Phi) is 4.69. The highest BCUT2D eigenvalue weighted by Crippen LogP contribution is 2.27. The van der Waals surface area contributed by atoms with Crippen LogP contribution < -0.4 is 5.32 Å². The Morgan fingerprint density at radius 3 is 2.70 bits per heavy atom. The molecule has 0 aliphatic heterocycles. The van der Waals surface area contributed by atoms with Gasteiger partial charge in [0.2, 0.25) is 5.91 Å². The first kappa shape index (κ1) is 14.9. The predicted octanol–water partition coefficient (Wildman–Crippen LogP) is 1.50. The molecule has 1 heterocycles. The van der Waals surface area contributed by atoms with Gasteiger partial charge < -0.3 is 14.9 Å². The summed E-state index contributed by atoms with van der Waals surface area (Å²) >= 11 is 1.50. The van der Waals surface area contributed by atoms with Crippen LogP contribution in [-0.4, -0.2) is 33.9 Å². The number of nitrogens with one attached hydrogen (secondary N) is 1. The lowest BCUT2D eigenvalue weighted by Crippen LogP contribution is -2.47. The van der Waals surface area contributed by atoms with E-state index in [0.717, 1.165) is 17.0 Å². The van der Waals surface area contributed by atoms with Gasteiger partial charge in [-0.2, -0.15) is 0 Å². The van der Waals surface area contributed by atoms with E-state index < -0.39 is 5.97 Å². The van der Waals surface area contributed by atoms with Crippen molar-refractivity contribution in [2.24, 2.45) is 5.92 Å². The summed E-state index contributed by atoms with van der Waals surface area (Å²) in [5.74, 6) is 0.725. The molecule has 6 nitrogen and oxygen atoms in total. The van der Waals surface area contributed by atoms with Crippen LogP contribution in [-0.2, 0) is 15.3 Å². The lowest BCUT2D eigenvalue weighted by atomic mass is 9.80. The summed E-state index contributed by atoms with van der Waals surface area (Å²) in [4.78, 5) is 22.4. The number of carboxylic acids is 1. The molecule has 0 saturated heterocycles. The molecule has 0 unspecified atom stereocenters. The van der Waals surface area contributed by atoms with Crippen molar-refractivity contribution < 1.29 is 19.2 Å². The number of carbonyl (C=O) groups excluding carboxylic acids is 1. The summed E-state index contributed by atoms with van der Waals surface area (Å²) in [5, 5.41) is 15.5. The number of hydrogen-bond acceptors (Lipinski definition) is 5. The molecule has 7 heteroatoms. The van der Waals surface area contributed by atoms with E-state index in [1.54, 1.807) is 0 Å². The number of carboxylic acid groups (broad SMARTS) is 1. The van der Waals surface area contributed by atoms with Crippen LogP contribution in [0.3, 0.4) is 0 Å². The molecule has 1 aliphatic carbocycles. The number of aryl methyl sites for hydroxylation is 2. The van der Waals surface area contributed by atoms with Crippen LogP contribution in [0, 0.1) is 19.8 Å². The van der Waals surface area contributed by atoms with E-state index in [4.69, 9.17) is 9.63 Å². The maximum absolute atomic E-state index is 11.7. The zero-order valence-corrected chi connectivity index (χ0v) is 12.3. The van der Waals surface area contributed by atoms with Gasteiger partial charge in [0.25, 0.3) is 0 Å². The van der Waals surface area contributed by atoms with E-state index in [-0.39, 0.29) is 17.9 Å². The number of thioether (sulfide) groups is 1. The van der Waals surface area contributed by atoms with Gasteiger partial charge in [0.15, 0.2) is 0 Å². The Bertz CT molecular complexity index is 489. The minimum absolute atomic E-state index is 0.0169. The fraction of sp³-hybridized carbons (Fsp3) is 0.615. The Morgan fingerprint density at radius 2 is 2.15 bits per heavy atom. The smallest absolute Gasteiger partial charge is 0.306 e. The summed E-state index contributed by atoms with van der Waals surface area (Å²) in [5.41, 5.74) is 1.90. The van der Waals surface area contributed by atoms with Crippen molar-refractivity contribution in [1.29, 1.82) is 0 Å². The lowest BCUT2D eigenvalue weighted by molar-refractivity contribution is -0.146. The first-order valence-corrected chi connectivity index (χ1v) is 7.64. The zero-order chi connectivity index (χ0) is 14.7. The molecule has 0 spiro atoms. The van der Waals surface area contributed by atoms with Crippen molar-refractivity contribution in [3.05, 3.63) is 17.0 Å². The standard InChI is InChI=1S/C13H18N2O4S/c1-7-11(8(2)19-15-7)5-20-6-12(16)14-10-3-9(4-10)13(17)18/h9-10H,3-6H2,1-2H3,(H,14,16)(H,17,18). The van der Waals surface area contributed by atoms with Gasteiger partial charge in [-0.15, -0.1) is 11.8 Å². The summed E-state index contributed by atoms with van der Waals surface area (Å²) < 4.78 is 5.06. The summed E-state index contributed by atoms with van der Waals surface area (Å²) in [7, 11) is 0. The van der Waals surface area contributed by atoms with E-state index in [2.05, 4.69) is 10.5 Å². The van der Waals surface area contributed by atoms with Gasteiger partial charge in [0.05, 0.1) is 17.4 Å². The molecule has 1 fully saturated rings. The monoisotopic (exact) mass is 298 g/mol. The second-order valence-electron chi connectivity index (χ2n) is 5.07. The van der Waals surface area contributed by atoms with Crippen LogP contribution in [0.4, 0.5) is 0 Å². The Hall–Kier alpha value is -1.50. The topological polar surface area (TPSA) is 92.4 Å². The van der Waals surface area contributed by atoms with Crippen LogP contribution in [0.15, 0.2) is 4.52 Å². The van der Waals surface area contributed by atoms with Gasteiger partial charge in [-0.1, -0.05) is 5.16 Å². The molecule has 1 amide bonds. The average molecular weight is 298 g/mol. The molecule has 110 valence electrons. The van der Waals surface area contributed by atoms with Gasteiger partial charge in [-0.3, -0.25) is 9.59 Å². The van der Waals surface area contributed by atoms with Crippen LogP contribution in [0.2, 0.25) is 0 Å². The quantitative estimate of drug-likeness (QED) is 0.827. The minimum atomic E-state index is -0.775. The van der Waals surface area contributed by atoms with Crippen molar-refractivity contribution in [2.75, 3.05) is 5.75 Å². The van der Waals surface area contributed by atoms with E-state index in [1.165, 1.54) is 11.8 Å². The molecule has 1 aliphatic rings. The van der Waals surface area contributed by atoms with Gasteiger partial charge in [-0.25, -0.2) is 0 Å². The van der Waals surface area contributed by atoms with Crippen molar-refractivity contribution >= 4 is 23.6 Å². The number of amides is 1. The molecule has 0 bridgehead atoms. The molecule has 2 N–H and O–H groups in total. The van der Waals surface area contributed by atoms with E-state index in [1.807, 2.05) is 13.8 Å². The minimum Gasteiger partial charge on any atom is -0.481 e. The highest BCUT2D eigenvalue weighted by molar-refractivity contribution is 7.99. The first-order valence-electron chi connectivity index (χ1n) is 6.49. The van der Waals surface area contributed by atoms with Crippen LogP contribution in [0.25, 0.3) is 0 Å². The summed E-state index contributed by atoms with van der Waals surface area (Å²) in [6.45, 7) is 3.74. The SMILES string of the molecule is Cc1noc(C)c1CSCC(=O)NC1CC(C(=O)O)C1. The van der Waals surface area contributed by atoms with Gasteiger partial charge in [0.1, 0.15) is 5.76 Å². The zero-order valence-electron chi connectivity index (χ0n) is 11.5. The molecular weight excluding hydrogens is 280 g/mol. The highest BCUT2D eigenvalue weighted by Gasteiger charge is 2.35. The normalized spacial score (nSPS) is 21.3. The highest BCUT2D eigenvalue weighted by atomic mass is 32.2. The fourth-order valence-corrected chi connectivity index (χ4v) is 3.15. The molecule has 1 aromatic rings. The molecule has 1 aromatic heterocycles. The number of hydrogen-bond donors (Lipinski definition) is 2. The maximum Gasteiger partial charge on any atom is 0.306 e. The third-order valence-electron chi connectivity index (χ3n) is 3.51. The predicted molar refractivity (Wildman–Crippen MR) is 74.4 cm³/mol. The molecule has 1 saturated carbocycles. The van der Waals surface area contributed by atoms with Crippen LogP contribution in [0.1, 0.15) is 29.9 Å². The maximum atomic E-state index is 11.7. The van der Waals surface area contributed by atoms with E-state index >= 15 is 0 Å². The first-order chi connectivity index (χ1) is 9.47. The molecule has 0 atom stereocenters. The average Bonchev–Trinajstić information content (AvgIpc) is 2.64. The molecule has 20 heavy (non-hydrogen) atoms. The van der Waals surface area contributed by atoms with E-state index in [0.29, 0.717) is 24.3 Å². The molecule has 2 rings (SSSR count). The summed E-state index contributed by atoms with van der Waals surface area (Å²) in [6.07, 6.45) is 1.07. The third kappa shape index (κ3) is 3.53. The number of nitrogens with zero attached hydrogens (tertiary/aromatic N) is 1. The number of carbonyl (C=O) groups is 2. The van der Waals surface area contributed by atoms with Crippen LogP contribution in [0.5, 0.6) is 0 Å². The number of rotatable bonds is 6. The van der Waals surface area contributed by atoms with Crippen molar-refractivity contribution in [1.82, 2.24) is 10.5 Å². The fourth-order valence-electron chi connectivity index (χ4n) is 2.16. The van der Waals surface area contributed by atoms with Crippen molar-refractivity contribution in [3.8, 4) is 0 Å². The number of aromatic nitrogens is 1. The van der Waals surface area contributed by atoms with Crippen molar-refractivity contribution in [2.45, 2.75) is 38.5 Å². The largest absolute Gasteiger partial charge is 0.481 e. The van der Waals surface area contributed by atoms with Crippen LogP contribution >= 0.6 is 11.8 Å². The Morgan fingerprint density at radius 1 is 1.45 bits per heavy atom. The Labute approximate surface area is 121 Å². The Balaban J connectivity index is 1.65. The van der Waals surface area contributed by atoms with Crippen molar-refractivity contribution in [3.63, 3.8) is 0 Å². The molecule has 0 aromatic carbocycles. The second kappa shape index (κ2) is 6.30. The summed E-state index contributed by atoms with van der Waals surface area (Å²) in [6, 6.07) is 0.0169. The second-order valence-corrected chi connectivity index (χ2v) is 6.05. The van der Waals surface area contributed by atoms with Gasteiger partial charge in [0, 0.05) is 17.4 Å². The lowest BCUT2D eigenvalue weighted by Gasteiger charge is -2.32. The van der Waals surface area contributed by atoms with E-state index in [9.17, 15) is 9.59 Å². The molecule has 0 radical (unpaired) electrons. The number of aliphatic carboxylic acids is 1. The van der Waals surface area contributed by atoms with Gasteiger partial charge >= 0.3 is 5.97 Å². The van der Waals surface area contributed by atoms with Gasteiger partial charge in [-0.05, 0) is 26.7 Å². The third-order valence-corrected chi connectivity index (χ3v) is 4.47. The molecular formula is C13H18N2O4S.